The first-order chi connectivity index (χ1) is 10.8. The molecule has 0 heterocycles. The van der Waals surface area contributed by atoms with Crippen LogP contribution in [0.2, 0.25) is 5.02 Å². The van der Waals surface area contributed by atoms with Gasteiger partial charge in [-0.1, -0.05) is 55.8 Å². The van der Waals surface area contributed by atoms with E-state index in [4.69, 9.17) is 22.1 Å². The first-order valence-corrected chi connectivity index (χ1v) is 8.01. The molecule has 1 atom stereocenters. The molecule has 3 rings (SSSR count). The second-order valence-electron chi connectivity index (χ2n) is 6.86. The minimum atomic E-state index is -0.731. The molecule has 1 amide bonds. The van der Waals surface area contributed by atoms with Crippen LogP contribution >= 0.6 is 11.6 Å². The molecule has 1 aliphatic rings. The minimum absolute atomic E-state index is 0.166. The number of amides is 1. The van der Waals surface area contributed by atoms with Crippen molar-refractivity contribution in [3.63, 3.8) is 0 Å². The van der Waals surface area contributed by atoms with E-state index in [1.165, 1.54) is 5.56 Å². The van der Waals surface area contributed by atoms with Gasteiger partial charge < -0.3 is 10.5 Å². The summed E-state index contributed by atoms with van der Waals surface area (Å²) in [5, 5.41) is 0.762. The Balaban J connectivity index is 2.01. The SMILES string of the molecule is Cc1ccc(-c2ccc3c(c2)CC(C)(C)C3OC(N)=O)cc1Cl. The van der Waals surface area contributed by atoms with E-state index < -0.39 is 6.09 Å². The van der Waals surface area contributed by atoms with Crippen LogP contribution in [0.25, 0.3) is 11.1 Å². The van der Waals surface area contributed by atoms with E-state index in [0.717, 1.165) is 33.7 Å². The smallest absolute Gasteiger partial charge is 0.405 e. The van der Waals surface area contributed by atoms with Gasteiger partial charge in [-0.05, 0) is 47.2 Å². The van der Waals surface area contributed by atoms with E-state index in [-0.39, 0.29) is 11.5 Å². The highest BCUT2D eigenvalue weighted by atomic mass is 35.5. The van der Waals surface area contributed by atoms with E-state index in [1.54, 1.807) is 0 Å². The molecule has 0 saturated heterocycles. The van der Waals surface area contributed by atoms with Crippen molar-refractivity contribution in [1.82, 2.24) is 0 Å². The molecule has 120 valence electrons. The molecule has 0 radical (unpaired) electrons. The van der Waals surface area contributed by atoms with Gasteiger partial charge in [0.05, 0.1) is 0 Å². The number of hydrogen-bond donors (Lipinski definition) is 1. The Bertz CT molecular complexity index is 783. The number of fused-ring (bicyclic) bond motifs is 1. The van der Waals surface area contributed by atoms with Crippen LogP contribution in [0.5, 0.6) is 0 Å². The maximum atomic E-state index is 11.2. The molecule has 0 fully saturated rings. The zero-order chi connectivity index (χ0) is 16.8. The van der Waals surface area contributed by atoms with Gasteiger partial charge in [0, 0.05) is 10.4 Å². The van der Waals surface area contributed by atoms with E-state index in [0.29, 0.717) is 0 Å². The monoisotopic (exact) mass is 329 g/mol. The lowest BCUT2D eigenvalue weighted by Gasteiger charge is -2.26. The fourth-order valence-corrected chi connectivity index (χ4v) is 3.49. The average molecular weight is 330 g/mol. The lowest BCUT2D eigenvalue weighted by atomic mass is 9.87. The average Bonchev–Trinajstić information content (AvgIpc) is 2.71. The van der Waals surface area contributed by atoms with Crippen molar-refractivity contribution in [3.8, 4) is 11.1 Å². The van der Waals surface area contributed by atoms with Crippen molar-refractivity contribution in [1.29, 1.82) is 0 Å². The van der Waals surface area contributed by atoms with Gasteiger partial charge in [-0.25, -0.2) is 4.79 Å². The Kier molecular flexibility index (Phi) is 3.85. The second-order valence-corrected chi connectivity index (χ2v) is 7.27. The van der Waals surface area contributed by atoms with Gasteiger partial charge in [0.25, 0.3) is 0 Å². The van der Waals surface area contributed by atoms with Crippen molar-refractivity contribution in [3.05, 3.63) is 58.1 Å². The lowest BCUT2D eigenvalue weighted by molar-refractivity contribution is 0.0392. The molecular formula is C19H20ClNO2. The molecule has 0 aliphatic heterocycles. The lowest BCUT2D eigenvalue weighted by Crippen LogP contribution is -2.25. The molecule has 1 unspecified atom stereocenters. The summed E-state index contributed by atoms with van der Waals surface area (Å²) in [6, 6.07) is 12.3. The Labute approximate surface area is 141 Å². The highest BCUT2D eigenvalue weighted by Crippen LogP contribution is 2.48. The zero-order valence-electron chi connectivity index (χ0n) is 13.5. The molecule has 2 N–H and O–H groups in total. The van der Waals surface area contributed by atoms with Crippen molar-refractivity contribution >= 4 is 17.7 Å². The number of hydrogen-bond acceptors (Lipinski definition) is 2. The van der Waals surface area contributed by atoms with Crippen molar-refractivity contribution in [2.75, 3.05) is 0 Å². The minimum Gasteiger partial charge on any atom is -0.441 e. The number of halogens is 1. The molecule has 23 heavy (non-hydrogen) atoms. The summed E-state index contributed by atoms with van der Waals surface area (Å²) >= 11 is 6.24. The van der Waals surface area contributed by atoms with Gasteiger partial charge >= 0.3 is 6.09 Å². The van der Waals surface area contributed by atoms with Gasteiger partial charge in [0.15, 0.2) is 0 Å². The third-order valence-electron chi connectivity index (χ3n) is 4.52. The van der Waals surface area contributed by atoms with E-state index in [1.807, 2.05) is 31.2 Å². The van der Waals surface area contributed by atoms with Crippen molar-refractivity contribution in [2.24, 2.45) is 11.1 Å². The maximum absolute atomic E-state index is 11.2. The van der Waals surface area contributed by atoms with Crippen LogP contribution in [0.15, 0.2) is 36.4 Å². The third kappa shape index (κ3) is 2.93. The molecule has 0 aromatic heterocycles. The fourth-order valence-electron chi connectivity index (χ4n) is 3.31. The standard InChI is InChI=1S/C19H20ClNO2/c1-11-4-5-13(9-16(11)20)12-6-7-15-14(8-12)10-19(2,3)17(15)23-18(21)22/h4-9,17H,10H2,1-3H3,(H2,21,22). The van der Waals surface area contributed by atoms with Gasteiger partial charge in [-0.15, -0.1) is 0 Å². The molecule has 0 spiro atoms. The summed E-state index contributed by atoms with van der Waals surface area (Å²) in [6.45, 7) is 6.16. The number of nitrogens with two attached hydrogens (primary N) is 1. The molecule has 0 saturated carbocycles. The Morgan fingerprint density at radius 2 is 1.87 bits per heavy atom. The van der Waals surface area contributed by atoms with Crippen LogP contribution in [0.1, 0.15) is 36.6 Å². The van der Waals surface area contributed by atoms with E-state index >= 15 is 0 Å². The topological polar surface area (TPSA) is 52.3 Å². The fraction of sp³-hybridized carbons (Fsp3) is 0.316. The van der Waals surface area contributed by atoms with Crippen LogP contribution in [-0.2, 0) is 11.2 Å². The number of aryl methyl sites for hydroxylation is 1. The molecule has 1 aliphatic carbocycles. The Morgan fingerprint density at radius 3 is 2.52 bits per heavy atom. The molecular weight excluding hydrogens is 310 g/mol. The number of ether oxygens (including phenoxy) is 1. The number of carbonyl (C=O) groups excluding carboxylic acids is 1. The predicted octanol–water partition coefficient (Wildman–Crippen LogP) is 5.03. The first-order valence-electron chi connectivity index (χ1n) is 7.63. The quantitative estimate of drug-likeness (QED) is 0.839. The predicted molar refractivity (Wildman–Crippen MR) is 92.5 cm³/mol. The van der Waals surface area contributed by atoms with Crippen LogP contribution < -0.4 is 5.73 Å². The van der Waals surface area contributed by atoms with Gasteiger partial charge in [-0.3, -0.25) is 0 Å². The Hall–Kier alpha value is -2.00. The van der Waals surface area contributed by atoms with Crippen LogP contribution in [0.4, 0.5) is 4.79 Å². The third-order valence-corrected chi connectivity index (χ3v) is 4.93. The van der Waals surface area contributed by atoms with Gasteiger partial charge in [0.2, 0.25) is 0 Å². The van der Waals surface area contributed by atoms with Crippen LogP contribution in [0.3, 0.4) is 0 Å². The number of carbonyl (C=O) groups is 1. The summed E-state index contributed by atoms with van der Waals surface area (Å²) in [4.78, 5) is 11.2. The first kappa shape index (κ1) is 15.9. The zero-order valence-corrected chi connectivity index (χ0v) is 14.3. The second kappa shape index (κ2) is 5.57. The summed E-state index contributed by atoms with van der Waals surface area (Å²) in [6.07, 6.45) is -0.191. The van der Waals surface area contributed by atoms with Gasteiger partial charge in [-0.2, -0.15) is 0 Å². The summed E-state index contributed by atoms with van der Waals surface area (Å²) in [5.74, 6) is 0. The van der Waals surface area contributed by atoms with Crippen LogP contribution in [0, 0.1) is 12.3 Å². The molecule has 4 heteroatoms. The highest BCUT2D eigenvalue weighted by Gasteiger charge is 2.41. The van der Waals surface area contributed by atoms with E-state index in [2.05, 4.69) is 26.0 Å². The normalized spacial score (nSPS) is 18.5. The molecule has 3 nitrogen and oxygen atoms in total. The maximum Gasteiger partial charge on any atom is 0.405 e. The van der Waals surface area contributed by atoms with Gasteiger partial charge in [0.1, 0.15) is 6.10 Å². The van der Waals surface area contributed by atoms with E-state index in [9.17, 15) is 4.79 Å². The molecule has 2 aromatic carbocycles. The van der Waals surface area contributed by atoms with Crippen molar-refractivity contribution < 1.29 is 9.53 Å². The van der Waals surface area contributed by atoms with Crippen LogP contribution in [-0.4, -0.2) is 6.09 Å². The summed E-state index contributed by atoms with van der Waals surface area (Å²) in [7, 11) is 0. The number of primary amides is 1. The van der Waals surface area contributed by atoms with Crippen molar-refractivity contribution in [2.45, 2.75) is 33.3 Å². The molecule has 2 aromatic rings. The highest BCUT2D eigenvalue weighted by molar-refractivity contribution is 6.31. The summed E-state index contributed by atoms with van der Waals surface area (Å²) in [5.41, 5.74) is 10.5. The largest absolute Gasteiger partial charge is 0.441 e. The number of benzene rings is 2. The molecule has 0 bridgehead atoms. The Morgan fingerprint density at radius 1 is 1.22 bits per heavy atom. The number of rotatable bonds is 2. The summed E-state index contributed by atoms with van der Waals surface area (Å²) < 4.78 is 5.35.